The Bertz CT molecular complexity index is 1030. The number of carbonyl (C=O) groups is 1. The summed E-state index contributed by atoms with van der Waals surface area (Å²) in [4.78, 5) is 12.8. The van der Waals surface area contributed by atoms with Crippen LogP contribution in [-0.2, 0) is 11.8 Å². The first-order valence-corrected chi connectivity index (χ1v) is 17.8. The molecule has 0 amide bonds. The van der Waals surface area contributed by atoms with Crippen molar-refractivity contribution in [1.29, 1.82) is 0 Å². The zero-order chi connectivity index (χ0) is 29.4. The maximum absolute atomic E-state index is 12.8. The fourth-order valence-electron chi connectivity index (χ4n) is 10.3. The zero-order valence-electron chi connectivity index (χ0n) is 27.9. The first kappa shape index (κ1) is 31.1. The number of hydrogen-bond donors (Lipinski definition) is 0. The SMILES string of the molecule is Cc1c(C)c(C23CC4CC(CC(C4)C2)C3)c(C=O)c2c1O[C@](C)(CCC[C@H](C)CCC[C@H](C)CCCC(C)C)CC2. The first-order chi connectivity index (χ1) is 19.5. The van der Waals surface area contributed by atoms with Crippen molar-refractivity contribution >= 4 is 6.29 Å². The van der Waals surface area contributed by atoms with Gasteiger partial charge in [-0.05, 0) is 143 Å². The Morgan fingerprint density at radius 1 is 0.805 bits per heavy atom. The molecule has 4 bridgehead atoms. The lowest BCUT2D eigenvalue weighted by molar-refractivity contribution is -0.00601. The lowest BCUT2D eigenvalue weighted by Crippen LogP contribution is -2.49. The molecule has 1 aliphatic heterocycles. The molecule has 1 aromatic carbocycles. The monoisotopic (exact) mass is 562 g/mol. The minimum absolute atomic E-state index is 0.114. The first-order valence-electron chi connectivity index (χ1n) is 17.8. The minimum Gasteiger partial charge on any atom is -0.487 e. The number of aldehydes is 1. The van der Waals surface area contributed by atoms with Crippen molar-refractivity contribution in [1.82, 2.24) is 0 Å². The average molecular weight is 563 g/mol. The summed E-state index contributed by atoms with van der Waals surface area (Å²) in [5, 5.41) is 0. The molecule has 3 atom stereocenters. The standard InChI is InChI=1S/C39H62O2/c1-26(2)11-8-12-27(3)13-9-14-28(4)15-10-17-38(7)18-16-34-35(25-40)36(29(5)30(6)37(34)41-38)39-22-31-19-32(23-39)21-33(20-31)24-39/h25-28,31-33H,8-24H2,1-7H3/t27-,28-,31?,32?,33?,38-,39?/m1/s1. The van der Waals surface area contributed by atoms with Gasteiger partial charge in [0.25, 0.3) is 0 Å². The number of ether oxygens (including phenoxy) is 1. The third-order valence-corrected chi connectivity index (χ3v) is 12.4. The molecule has 41 heavy (non-hydrogen) atoms. The van der Waals surface area contributed by atoms with Crippen molar-refractivity contribution < 1.29 is 9.53 Å². The van der Waals surface area contributed by atoms with E-state index in [9.17, 15) is 4.79 Å². The van der Waals surface area contributed by atoms with Crippen LogP contribution in [0.1, 0.15) is 170 Å². The van der Waals surface area contributed by atoms with E-state index in [4.69, 9.17) is 4.74 Å². The Balaban J connectivity index is 1.18. The lowest BCUT2D eigenvalue weighted by Gasteiger charge is -2.58. The highest BCUT2D eigenvalue weighted by atomic mass is 16.5. The van der Waals surface area contributed by atoms with Gasteiger partial charge in [-0.15, -0.1) is 0 Å². The average Bonchev–Trinajstić information content (AvgIpc) is 2.89. The molecule has 0 unspecified atom stereocenters. The van der Waals surface area contributed by atoms with Crippen LogP contribution < -0.4 is 4.74 Å². The normalized spacial score (nSPS) is 31.7. The minimum atomic E-state index is -0.114. The second kappa shape index (κ2) is 12.7. The van der Waals surface area contributed by atoms with Gasteiger partial charge in [-0.3, -0.25) is 4.79 Å². The van der Waals surface area contributed by atoms with E-state index in [1.54, 1.807) is 0 Å². The Morgan fingerprint density at radius 3 is 1.88 bits per heavy atom. The van der Waals surface area contributed by atoms with E-state index in [-0.39, 0.29) is 11.0 Å². The number of fused-ring (bicyclic) bond motifs is 1. The van der Waals surface area contributed by atoms with E-state index in [1.807, 2.05) is 0 Å². The largest absolute Gasteiger partial charge is 0.487 e. The smallest absolute Gasteiger partial charge is 0.150 e. The molecule has 2 heteroatoms. The molecule has 230 valence electrons. The highest BCUT2D eigenvalue weighted by molar-refractivity contribution is 5.84. The Kier molecular flexibility index (Phi) is 9.67. The van der Waals surface area contributed by atoms with Crippen LogP contribution in [0.4, 0.5) is 0 Å². The van der Waals surface area contributed by atoms with Gasteiger partial charge in [0.05, 0.1) is 0 Å². The zero-order valence-corrected chi connectivity index (χ0v) is 27.9. The molecule has 4 fully saturated rings. The molecule has 4 saturated carbocycles. The summed E-state index contributed by atoms with van der Waals surface area (Å²) in [7, 11) is 0. The van der Waals surface area contributed by atoms with Crippen LogP contribution in [0.25, 0.3) is 0 Å². The molecule has 0 aromatic heterocycles. The summed E-state index contributed by atoms with van der Waals surface area (Å²) in [6, 6.07) is 0. The number of carbonyl (C=O) groups excluding carboxylic acids is 1. The summed E-state index contributed by atoms with van der Waals surface area (Å²) >= 11 is 0. The lowest BCUT2D eigenvalue weighted by atomic mass is 9.47. The van der Waals surface area contributed by atoms with Crippen LogP contribution in [0.2, 0.25) is 0 Å². The molecule has 0 N–H and O–H groups in total. The quantitative estimate of drug-likeness (QED) is 0.211. The van der Waals surface area contributed by atoms with Gasteiger partial charge in [0.1, 0.15) is 11.4 Å². The maximum atomic E-state index is 12.8. The van der Waals surface area contributed by atoms with E-state index in [0.717, 1.165) is 66.1 Å². The Hall–Kier alpha value is -1.31. The summed E-state index contributed by atoms with van der Waals surface area (Å²) in [6.07, 6.45) is 23.5. The van der Waals surface area contributed by atoms with Gasteiger partial charge < -0.3 is 4.74 Å². The van der Waals surface area contributed by atoms with Gasteiger partial charge >= 0.3 is 0 Å². The van der Waals surface area contributed by atoms with Gasteiger partial charge in [0, 0.05) is 11.1 Å². The summed E-state index contributed by atoms with van der Waals surface area (Å²) in [6.45, 7) is 16.5. The second-order valence-corrected chi connectivity index (χ2v) is 16.6. The van der Waals surface area contributed by atoms with Gasteiger partial charge in [0.15, 0.2) is 6.29 Å². The molecule has 0 spiro atoms. The molecule has 4 aliphatic carbocycles. The number of rotatable bonds is 14. The third-order valence-electron chi connectivity index (χ3n) is 12.4. The van der Waals surface area contributed by atoms with E-state index in [1.165, 1.54) is 118 Å². The molecular formula is C39H62O2. The molecule has 0 saturated heterocycles. The third kappa shape index (κ3) is 6.77. The highest BCUT2D eigenvalue weighted by Gasteiger charge is 2.53. The summed E-state index contributed by atoms with van der Waals surface area (Å²) in [5.74, 6) is 6.23. The summed E-state index contributed by atoms with van der Waals surface area (Å²) < 4.78 is 6.94. The molecule has 5 aliphatic rings. The van der Waals surface area contributed by atoms with E-state index in [0.29, 0.717) is 0 Å². The van der Waals surface area contributed by atoms with Crippen molar-refractivity contribution in [3.05, 3.63) is 27.8 Å². The molecule has 0 radical (unpaired) electrons. The number of benzene rings is 1. The van der Waals surface area contributed by atoms with Crippen molar-refractivity contribution in [2.75, 3.05) is 0 Å². The van der Waals surface area contributed by atoms with Crippen LogP contribution in [-0.4, -0.2) is 11.9 Å². The highest BCUT2D eigenvalue weighted by Crippen LogP contribution is 2.62. The van der Waals surface area contributed by atoms with E-state index in [2.05, 4.69) is 48.5 Å². The van der Waals surface area contributed by atoms with E-state index >= 15 is 0 Å². The van der Waals surface area contributed by atoms with Gasteiger partial charge in [0.2, 0.25) is 0 Å². The van der Waals surface area contributed by atoms with Gasteiger partial charge in [-0.2, -0.15) is 0 Å². The van der Waals surface area contributed by atoms with Crippen molar-refractivity contribution in [2.45, 2.75) is 169 Å². The van der Waals surface area contributed by atoms with Crippen LogP contribution in [0.3, 0.4) is 0 Å². The molecule has 1 heterocycles. The van der Waals surface area contributed by atoms with Gasteiger partial charge in [-0.25, -0.2) is 0 Å². The maximum Gasteiger partial charge on any atom is 0.150 e. The predicted octanol–water partition coefficient (Wildman–Crippen LogP) is 11.1. The molecule has 6 rings (SSSR count). The molecule has 1 aromatic rings. The van der Waals surface area contributed by atoms with Crippen molar-refractivity contribution in [2.24, 2.45) is 35.5 Å². The number of hydrogen-bond acceptors (Lipinski definition) is 2. The Morgan fingerprint density at radius 2 is 1.34 bits per heavy atom. The predicted molar refractivity (Wildman–Crippen MR) is 173 cm³/mol. The van der Waals surface area contributed by atoms with Gasteiger partial charge in [-0.1, -0.05) is 72.6 Å². The van der Waals surface area contributed by atoms with Crippen molar-refractivity contribution in [3.8, 4) is 5.75 Å². The Labute approximate surface area is 253 Å². The fraction of sp³-hybridized carbons (Fsp3) is 0.821. The van der Waals surface area contributed by atoms with Crippen molar-refractivity contribution in [3.63, 3.8) is 0 Å². The second-order valence-electron chi connectivity index (χ2n) is 16.6. The molecular weight excluding hydrogens is 500 g/mol. The fourth-order valence-corrected chi connectivity index (χ4v) is 10.3. The topological polar surface area (TPSA) is 26.3 Å². The molecule has 2 nitrogen and oxygen atoms in total. The van der Waals surface area contributed by atoms with Crippen LogP contribution >= 0.6 is 0 Å². The van der Waals surface area contributed by atoms with E-state index < -0.39 is 0 Å². The van der Waals surface area contributed by atoms with Crippen LogP contribution in [0.5, 0.6) is 5.75 Å². The van der Waals surface area contributed by atoms with Crippen LogP contribution in [0, 0.1) is 49.4 Å². The van der Waals surface area contributed by atoms with Crippen LogP contribution in [0.15, 0.2) is 0 Å². The summed E-state index contributed by atoms with van der Waals surface area (Å²) in [5.41, 5.74) is 6.52.